The van der Waals surface area contributed by atoms with Gasteiger partial charge in [0.05, 0.1) is 0 Å². The van der Waals surface area contributed by atoms with Crippen molar-refractivity contribution in [3.8, 4) is 0 Å². The molecule has 0 bridgehead atoms. The molecule has 1 heterocycles. The summed E-state index contributed by atoms with van der Waals surface area (Å²) < 4.78 is 19.0. The second kappa shape index (κ2) is 7.96. The van der Waals surface area contributed by atoms with Gasteiger partial charge in [-0.3, -0.25) is 9.59 Å². The van der Waals surface area contributed by atoms with E-state index in [0.29, 0.717) is 21.5 Å². The summed E-state index contributed by atoms with van der Waals surface area (Å²) in [6.45, 7) is -0.460. The van der Waals surface area contributed by atoms with Gasteiger partial charge in [0.15, 0.2) is 6.61 Å². The maximum absolute atomic E-state index is 13.2. The van der Waals surface area contributed by atoms with Crippen molar-refractivity contribution in [2.24, 2.45) is 0 Å². The van der Waals surface area contributed by atoms with E-state index in [0.717, 1.165) is 4.70 Å². The standard InChI is InChI=1S/C19H15FN2O4S/c1-21-18(24)11-2-5-14(6-3-11)22-17(23)10-26-19(25)16-9-12-8-13(20)4-7-15(12)27-16/h2-9H,10H2,1H3,(H,21,24)(H,22,23). The third-order valence-electron chi connectivity index (χ3n) is 3.67. The maximum Gasteiger partial charge on any atom is 0.348 e. The van der Waals surface area contributed by atoms with E-state index in [4.69, 9.17) is 4.74 Å². The fraction of sp³-hybridized carbons (Fsp3) is 0.105. The lowest BCUT2D eigenvalue weighted by Crippen LogP contribution is -2.21. The number of halogens is 1. The normalized spacial score (nSPS) is 10.4. The highest BCUT2D eigenvalue weighted by molar-refractivity contribution is 7.20. The van der Waals surface area contributed by atoms with Crippen LogP contribution in [0.15, 0.2) is 48.5 Å². The molecule has 138 valence electrons. The summed E-state index contributed by atoms with van der Waals surface area (Å²) in [4.78, 5) is 35.8. The Hall–Kier alpha value is -3.26. The number of carbonyl (C=O) groups is 3. The Kier molecular flexibility index (Phi) is 5.46. The first kappa shape index (κ1) is 18.5. The van der Waals surface area contributed by atoms with Crippen LogP contribution in [0.1, 0.15) is 20.0 Å². The second-order valence-electron chi connectivity index (χ2n) is 5.57. The summed E-state index contributed by atoms with van der Waals surface area (Å²) in [5.74, 6) is -1.78. The Bertz CT molecular complexity index is 1010. The lowest BCUT2D eigenvalue weighted by molar-refractivity contribution is -0.119. The van der Waals surface area contributed by atoms with Crippen LogP contribution < -0.4 is 10.6 Å². The quantitative estimate of drug-likeness (QED) is 0.660. The lowest BCUT2D eigenvalue weighted by Gasteiger charge is -2.07. The molecule has 2 amide bonds. The number of anilines is 1. The molecule has 6 nitrogen and oxygen atoms in total. The van der Waals surface area contributed by atoms with Crippen molar-refractivity contribution in [1.29, 1.82) is 0 Å². The van der Waals surface area contributed by atoms with Crippen molar-refractivity contribution in [2.75, 3.05) is 19.0 Å². The van der Waals surface area contributed by atoms with Gasteiger partial charge >= 0.3 is 5.97 Å². The van der Waals surface area contributed by atoms with E-state index >= 15 is 0 Å². The molecule has 0 aliphatic carbocycles. The van der Waals surface area contributed by atoms with Crippen molar-refractivity contribution in [3.63, 3.8) is 0 Å². The molecule has 8 heteroatoms. The van der Waals surface area contributed by atoms with Crippen LogP contribution >= 0.6 is 11.3 Å². The molecule has 0 aliphatic heterocycles. The third-order valence-corrected chi connectivity index (χ3v) is 4.77. The van der Waals surface area contributed by atoms with Crippen LogP contribution in [0, 0.1) is 5.82 Å². The Balaban J connectivity index is 1.56. The van der Waals surface area contributed by atoms with E-state index in [1.54, 1.807) is 30.3 Å². The number of carbonyl (C=O) groups excluding carboxylic acids is 3. The molecule has 2 aromatic carbocycles. The number of amides is 2. The fourth-order valence-electron chi connectivity index (χ4n) is 2.36. The minimum Gasteiger partial charge on any atom is -0.451 e. The van der Waals surface area contributed by atoms with Crippen LogP contribution in [0.3, 0.4) is 0 Å². The zero-order chi connectivity index (χ0) is 19.4. The summed E-state index contributed by atoms with van der Waals surface area (Å²) in [5, 5.41) is 5.68. The fourth-order valence-corrected chi connectivity index (χ4v) is 3.30. The van der Waals surface area contributed by atoms with Gasteiger partial charge in [-0.05, 0) is 53.9 Å². The van der Waals surface area contributed by atoms with Gasteiger partial charge in [-0.25, -0.2) is 9.18 Å². The summed E-state index contributed by atoms with van der Waals surface area (Å²) in [6, 6.07) is 12.0. The summed E-state index contributed by atoms with van der Waals surface area (Å²) in [5.41, 5.74) is 0.934. The van der Waals surface area contributed by atoms with Crippen LogP contribution in [-0.2, 0) is 9.53 Å². The molecule has 0 fully saturated rings. The van der Waals surface area contributed by atoms with Gasteiger partial charge in [0.2, 0.25) is 0 Å². The number of benzene rings is 2. The number of ether oxygens (including phenoxy) is 1. The van der Waals surface area contributed by atoms with Gasteiger partial charge in [-0.1, -0.05) is 0 Å². The van der Waals surface area contributed by atoms with Crippen LogP contribution in [0.5, 0.6) is 0 Å². The van der Waals surface area contributed by atoms with Gasteiger partial charge in [0.1, 0.15) is 10.7 Å². The zero-order valence-electron chi connectivity index (χ0n) is 14.2. The monoisotopic (exact) mass is 386 g/mol. The molecule has 0 unspecified atom stereocenters. The van der Waals surface area contributed by atoms with E-state index in [2.05, 4.69) is 10.6 Å². The molecule has 27 heavy (non-hydrogen) atoms. The number of rotatable bonds is 5. The molecule has 0 saturated heterocycles. The van der Waals surface area contributed by atoms with Gasteiger partial charge in [0.25, 0.3) is 11.8 Å². The van der Waals surface area contributed by atoms with E-state index in [1.807, 2.05) is 0 Å². The smallest absolute Gasteiger partial charge is 0.348 e. The first-order chi connectivity index (χ1) is 13.0. The molecular formula is C19H15FN2O4S. The Morgan fingerprint density at radius 3 is 2.52 bits per heavy atom. The number of nitrogens with one attached hydrogen (secondary N) is 2. The SMILES string of the molecule is CNC(=O)c1ccc(NC(=O)COC(=O)c2cc3cc(F)ccc3s2)cc1. The van der Waals surface area contributed by atoms with Crippen LogP contribution in [0.25, 0.3) is 10.1 Å². The predicted molar refractivity (Wildman–Crippen MR) is 101 cm³/mol. The topological polar surface area (TPSA) is 84.5 Å². The summed E-state index contributed by atoms with van der Waals surface area (Å²) in [7, 11) is 1.53. The average molecular weight is 386 g/mol. The van der Waals surface area contributed by atoms with Gasteiger partial charge < -0.3 is 15.4 Å². The minimum absolute atomic E-state index is 0.231. The van der Waals surface area contributed by atoms with Crippen molar-refractivity contribution >= 4 is 44.9 Å². The van der Waals surface area contributed by atoms with E-state index in [9.17, 15) is 18.8 Å². The van der Waals surface area contributed by atoms with Gasteiger partial charge in [0, 0.05) is 23.0 Å². The molecule has 2 N–H and O–H groups in total. The van der Waals surface area contributed by atoms with Crippen LogP contribution in [0.2, 0.25) is 0 Å². The first-order valence-corrected chi connectivity index (χ1v) is 8.76. The van der Waals surface area contributed by atoms with Gasteiger partial charge in [-0.15, -0.1) is 11.3 Å². The van der Waals surface area contributed by atoms with Crippen molar-refractivity contribution in [2.45, 2.75) is 0 Å². The highest BCUT2D eigenvalue weighted by Crippen LogP contribution is 2.26. The third kappa shape index (κ3) is 4.48. The first-order valence-electron chi connectivity index (χ1n) is 7.94. The van der Waals surface area contributed by atoms with Gasteiger partial charge in [-0.2, -0.15) is 0 Å². The van der Waals surface area contributed by atoms with Crippen molar-refractivity contribution in [3.05, 3.63) is 64.8 Å². The molecular weight excluding hydrogens is 371 g/mol. The van der Waals surface area contributed by atoms with Crippen molar-refractivity contribution in [1.82, 2.24) is 5.32 Å². The molecule has 0 atom stereocenters. The van der Waals surface area contributed by atoms with E-state index in [1.165, 1.54) is 36.6 Å². The Labute approximate surface area is 157 Å². The predicted octanol–water partition coefficient (Wildman–Crippen LogP) is 3.20. The average Bonchev–Trinajstić information content (AvgIpc) is 3.09. The Morgan fingerprint density at radius 1 is 1.07 bits per heavy atom. The van der Waals surface area contributed by atoms with Crippen molar-refractivity contribution < 1.29 is 23.5 Å². The number of esters is 1. The molecule has 1 aromatic heterocycles. The highest BCUT2D eigenvalue weighted by Gasteiger charge is 2.14. The summed E-state index contributed by atoms with van der Waals surface area (Å²) >= 11 is 1.17. The molecule has 3 aromatic rings. The highest BCUT2D eigenvalue weighted by atomic mass is 32.1. The molecule has 0 aliphatic rings. The molecule has 0 radical (unpaired) electrons. The summed E-state index contributed by atoms with van der Waals surface area (Å²) in [6.07, 6.45) is 0. The van der Waals surface area contributed by atoms with Crippen LogP contribution in [0.4, 0.5) is 10.1 Å². The largest absolute Gasteiger partial charge is 0.451 e. The second-order valence-corrected chi connectivity index (χ2v) is 6.66. The maximum atomic E-state index is 13.2. The number of hydrogen-bond acceptors (Lipinski definition) is 5. The number of fused-ring (bicyclic) bond motifs is 1. The zero-order valence-corrected chi connectivity index (χ0v) is 15.1. The Morgan fingerprint density at radius 2 is 1.81 bits per heavy atom. The van der Waals surface area contributed by atoms with E-state index in [-0.39, 0.29) is 11.7 Å². The minimum atomic E-state index is -0.651. The van der Waals surface area contributed by atoms with Crippen LogP contribution in [-0.4, -0.2) is 31.4 Å². The number of thiophene rings is 1. The number of hydrogen-bond donors (Lipinski definition) is 2. The van der Waals surface area contributed by atoms with E-state index < -0.39 is 18.5 Å². The lowest BCUT2D eigenvalue weighted by atomic mass is 10.2. The molecule has 3 rings (SSSR count). The molecule has 0 spiro atoms. The molecule has 0 saturated carbocycles.